The monoisotopic (exact) mass is 261 g/mol. The van der Waals surface area contributed by atoms with Crippen molar-refractivity contribution in [3.05, 3.63) is 0 Å². The van der Waals surface area contributed by atoms with Crippen molar-refractivity contribution < 1.29 is 23.8 Å². The molecular formula is C12H23NO5. The van der Waals surface area contributed by atoms with Crippen LogP contribution < -0.4 is 5.32 Å². The number of amides is 1. The quantitative estimate of drug-likeness (QED) is 0.506. The fourth-order valence-electron chi connectivity index (χ4n) is 1.03. The van der Waals surface area contributed by atoms with Gasteiger partial charge in [0.25, 0.3) is 0 Å². The van der Waals surface area contributed by atoms with Crippen LogP contribution in [-0.4, -0.2) is 57.9 Å². The summed E-state index contributed by atoms with van der Waals surface area (Å²) < 4.78 is 15.5. The topological polar surface area (TPSA) is 73.9 Å². The molecule has 0 heterocycles. The predicted molar refractivity (Wildman–Crippen MR) is 66.4 cm³/mol. The average Bonchev–Trinajstić information content (AvgIpc) is 2.35. The van der Waals surface area contributed by atoms with Gasteiger partial charge in [0.05, 0.1) is 33.0 Å². The Hall–Kier alpha value is -0.980. The van der Waals surface area contributed by atoms with E-state index in [9.17, 15) is 9.59 Å². The molecule has 0 unspecified atom stereocenters. The molecule has 0 fully saturated rings. The van der Waals surface area contributed by atoms with Crippen LogP contribution in [0.25, 0.3) is 0 Å². The van der Waals surface area contributed by atoms with Crippen molar-refractivity contribution in [2.24, 2.45) is 0 Å². The summed E-state index contributed by atoms with van der Waals surface area (Å²) in [7, 11) is 0. The lowest BCUT2D eigenvalue weighted by atomic mass is 10.3. The zero-order valence-electron chi connectivity index (χ0n) is 11.2. The molecule has 0 saturated carbocycles. The van der Waals surface area contributed by atoms with Crippen molar-refractivity contribution in [3.63, 3.8) is 0 Å². The van der Waals surface area contributed by atoms with E-state index in [4.69, 9.17) is 14.2 Å². The van der Waals surface area contributed by atoms with Gasteiger partial charge >= 0.3 is 0 Å². The number of ketones is 1. The molecule has 0 aliphatic carbocycles. The molecule has 0 aliphatic rings. The summed E-state index contributed by atoms with van der Waals surface area (Å²) in [6, 6.07) is 0. The van der Waals surface area contributed by atoms with E-state index in [0.29, 0.717) is 46.0 Å². The molecule has 1 amide bonds. The SMILES string of the molecule is CCC(=O)COCCOCCOCCNC(C)=O. The molecule has 0 radical (unpaired) electrons. The molecule has 0 bridgehead atoms. The third-order valence-corrected chi connectivity index (χ3v) is 2.02. The summed E-state index contributed by atoms with van der Waals surface area (Å²) in [5.41, 5.74) is 0. The number of carbonyl (C=O) groups excluding carboxylic acids is 2. The van der Waals surface area contributed by atoms with Gasteiger partial charge in [-0.05, 0) is 0 Å². The number of nitrogens with one attached hydrogen (secondary N) is 1. The maximum atomic E-state index is 10.9. The normalized spacial score (nSPS) is 10.3. The van der Waals surface area contributed by atoms with Gasteiger partial charge in [-0.15, -0.1) is 0 Å². The molecule has 6 heteroatoms. The van der Waals surface area contributed by atoms with Gasteiger partial charge in [0.1, 0.15) is 6.61 Å². The van der Waals surface area contributed by atoms with E-state index in [1.54, 1.807) is 6.92 Å². The van der Waals surface area contributed by atoms with Crippen molar-refractivity contribution in [2.75, 3.05) is 46.2 Å². The second-order valence-corrected chi connectivity index (χ2v) is 3.65. The molecule has 6 nitrogen and oxygen atoms in total. The van der Waals surface area contributed by atoms with Gasteiger partial charge in [-0.2, -0.15) is 0 Å². The lowest BCUT2D eigenvalue weighted by Crippen LogP contribution is -2.25. The molecule has 0 rings (SSSR count). The molecule has 0 aliphatic heterocycles. The Kier molecular flexibility index (Phi) is 11.8. The van der Waals surface area contributed by atoms with Crippen LogP contribution in [0.2, 0.25) is 0 Å². The van der Waals surface area contributed by atoms with E-state index in [0.717, 1.165) is 0 Å². The molecule has 0 spiro atoms. The van der Waals surface area contributed by atoms with Gasteiger partial charge in [-0.25, -0.2) is 0 Å². The fraction of sp³-hybridized carbons (Fsp3) is 0.833. The van der Waals surface area contributed by atoms with Crippen LogP contribution >= 0.6 is 0 Å². The number of hydrogen-bond acceptors (Lipinski definition) is 5. The minimum absolute atomic E-state index is 0.0615. The average molecular weight is 261 g/mol. The summed E-state index contributed by atoms with van der Waals surface area (Å²) in [4.78, 5) is 21.4. The van der Waals surface area contributed by atoms with Crippen molar-refractivity contribution >= 4 is 11.7 Å². The highest BCUT2D eigenvalue weighted by atomic mass is 16.5. The molecule has 0 aromatic heterocycles. The highest BCUT2D eigenvalue weighted by molar-refractivity contribution is 5.79. The Bertz CT molecular complexity index is 233. The molecule has 18 heavy (non-hydrogen) atoms. The third-order valence-electron chi connectivity index (χ3n) is 2.02. The minimum atomic E-state index is -0.0615. The fourth-order valence-corrected chi connectivity index (χ4v) is 1.03. The maximum absolute atomic E-state index is 10.9. The molecule has 0 aromatic rings. The van der Waals surface area contributed by atoms with E-state index in [-0.39, 0.29) is 18.3 Å². The molecule has 1 N–H and O–H groups in total. The third kappa shape index (κ3) is 13.1. The first-order valence-corrected chi connectivity index (χ1v) is 6.16. The largest absolute Gasteiger partial charge is 0.377 e. The van der Waals surface area contributed by atoms with Gasteiger partial charge in [0.15, 0.2) is 5.78 Å². The first-order chi connectivity index (χ1) is 8.66. The number of ether oxygens (including phenoxy) is 3. The lowest BCUT2D eigenvalue weighted by molar-refractivity contribution is -0.123. The molecule has 106 valence electrons. The summed E-state index contributed by atoms with van der Waals surface area (Å²) in [5, 5.41) is 2.62. The van der Waals surface area contributed by atoms with Crippen LogP contribution in [0.4, 0.5) is 0 Å². The number of hydrogen-bond donors (Lipinski definition) is 1. The highest BCUT2D eigenvalue weighted by Crippen LogP contribution is 1.84. The number of carbonyl (C=O) groups is 2. The zero-order valence-corrected chi connectivity index (χ0v) is 11.2. The predicted octanol–water partition coefficient (Wildman–Crippen LogP) is 0.151. The maximum Gasteiger partial charge on any atom is 0.216 e. The Morgan fingerprint density at radius 3 is 2.06 bits per heavy atom. The summed E-state index contributed by atoms with van der Waals surface area (Å²) in [6.45, 7) is 6.24. The molecule has 0 aromatic carbocycles. The second kappa shape index (κ2) is 12.5. The van der Waals surface area contributed by atoms with Crippen LogP contribution in [0.5, 0.6) is 0 Å². The van der Waals surface area contributed by atoms with Gasteiger partial charge in [0, 0.05) is 19.9 Å². The van der Waals surface area contributed by atoms with Gasteiger partial charge in [-0.1, -0.05) is 6.92 Å². The van der Waals surface area contributed by atoms with E-state index in [1.165, 1.54) is 6.92 Å². The first kappa shape index (κ1) is 17.0. The number of rotatable bonds is 12. The smallest absolute Gasteiger partial charge is 0.216 e. The highest BCUT2D eigenvalue weighted by Gasteiger charge is 1.97. The Morgan fingerprint density at radius 2 is 1.50 bits per heavy atom. The van der Waals surface area contributed by atoms with E-state index in [2.05, 4.69) is 5.32 Å². The molecule has 0 saturated heterocycles. The minimum Gasteiger partial charge on any atom is -0.377 e. The number of Topliss-reactive ketones (excluding diaryl/α,β-unsaturated/α-hetero) is 1. The Balaban J connectivity index is 3.03. The van der Waals surface area contributed by atoms with Crippen molar-refractivity contribution in [1.82, 2.24) is 5.32 Å². The van der Waals surface area contributed by atoms with E-state index >= 15 is 0 Å². The standard InChI is InChI=1S/C12H23NO5/c1-3-12(15)10-18-9-8-17-7-6-16-5-4-13-11(2)14/h3-10H2,1-2H3,(H,13,14). The van der Waals surface area contributed by atoms with Crippen LogP contribution in [0.3, 0.4) is 0 Å². The summed E-state index contributed by atoms with van der Waals surface area (Å²) in [5.74, 6) is 0.0323. The summed E-state index contributed by atoms with van der Waals surface area (Å²) >= 11 is 0. The molecule has 0 atom stereocenters. The van der Waals surface area contributed by atoms with Gasteiger partial charge in [0.2, 0.25) is 5.91 Å². The van der Waals surface area contributed by atoms with E-state index < -0.39 is 0 Å². The second-order valence-electron chi connectivity index (χ2n) is 3.65. The lowest BCUT2D eigenvalue weighted by Gasteiger charge is -2.06. The zero-order chi connectivity index (χ0) is 13.6. The van der Waals surface area contributed by atoms with Crippen LogP contribution in [0.15, 0.2) is 0 Å². The van der Waals surface area contributed by atoms with E-state index in [1.807, 2.05) is 0 Å². The van der Waals surface area contributed by atoms with Crippen molar-refractivity contribution in [1.29, 1.82) is 0 Å². The van der Waals surface area contributed by atoms with Crippen LogP contribution in [0.1, 0.15) is 20.3 Å². The van der Waals surface area contributed by atoms with Gasteiger partial charge < -0.3 is 19.5 Å². The van der Waals surface area contributed by atoms with Crippen molar-refractivity contribution in [3.8, 4) is 0 Å². The van der Waals surface area contributed by atoms with Crippen LogP contribution in [-0.2, 0) is 23.8 Å². The molecular weight excluding hydrogens is 238 g/mol. The first-order valence-electron chi connectivity index (χ1n) is 6.16. The Morgan fingerprint density at radius 1 is 0.944 bits per heavy atom. The van der Waals surface area contributed by atoms with Crippen LogP contribution in [0, 0.1) is 0 Å². The van der Waals surface area contributed by atoms with Crippen molar-refractivity contribution in [2.45, 2.75) is 20.3 Å². The van der Waals surface area contributed by atoms with Gasteiger partial charge in [-0.3, -0.25) is 9.59 Å². The Labute approximate surface area is 108 Å². The summed E-state index contributed by atoms with van der Waals surface area (Å²) in [6.07, 6.45) is 0.503.